The van der Waals surface area contributed by atoms with Crippen LogP contribution in [0.4, 0.5) is 5.69 Å². The molecule has 1 unspecified atom stereocenters. The first-order chi connectivity index (χ1) is 9.27. The number of benzene rings is 2. The van der Waals surface area contributed by atoms with Crippen LogP contribution in [0.2, 0.25) is 0 Å². The van der Waals surface area contributed by atoms with E-state index in [2.05, 4.69) is 47.1 Å². The highest BCUT2D eigenvalue weighted by Crippen LogP contribution is 2.31. The fourth-order valence-electron chi connectivity index (χ4n) is 2.50. The minimum atomic E-state index is 0.277. The van der Waals surface area contributed by atoms with Crippen LogP contribution in [0.15, 0.2) is 59.6 Å². The Kier molecular flexibility index (Phi) is 2.95. The smallest absolute Gasteiger partial charge is 0.129 e. The molecule has 0 spiro atoms. The Morgan fingerprint density at radius 2 is 1.74 bits per heavy atom. The summed E-state index contributed by atoms with van der Waals surface area (Å²) in [6.07, 6.45) is 0. The normalized spacial score (nSPS) is 15.6. The van der Waals surface area contributed by atoms with Crippen LogP contribution in [0.1, 0.15) is 24.1 Å². The van der Waals surface area contributed by atoms with Gasteiger partial charge in [0.05, 0.1) is 6.04 Å². The van der Waals surface area contributed by atoms with Crippen LogP contribution in [-0.2, 0) is 0 Å². The van der Waals surface area contributed by atoms with E-state index in [1.54, 1.807) is 0 Å². The largest absolute Gasteiger partial charge is 0.383 e. The summed E-state index contributed by atoms with van der Waals surface area (Å²) in [5.74, 6) is 0.632. The van der Waals surface area contributed by atoms with Crippen molar-refractivity contribution in [1.29, 1.82) is 0 Å². The number of hydrogen-bond donors (Lipinski definition) is 1. The zero-order valence-corrected chi connectivity index (χ0v) is 11.0. The second-order valence-corrected chi connectivity index (χ2v) is 4.76. The van der Waals surface area contributed by atoms with Crippen LogP contribution in [0.3, 0.4) is 0 Å². The first kappa shape index (κ1) is 11.8. The summed E-state index contributed by atoms with van der Waals surface area (Å²) in [7, 11) is 0. The van der Waals surface area contributed by atoms with Crippen LogP contribution in [0.5, 0.6) is 0 Å². The number of hydrogen-bond acceptors (Lipinski definition) is 3. The number of fused-ring (bicyclic) bond motifs is 1. The van der Waals surface area contributed by atoms with Gasteiger partial charge in [-0.05, 0) is 24.6 Å². The second kappa shape index (κ2) is 4.76. The average molecular weight is 251 g/mol. The van der Waals surface area contributed by atoms with Crippen LogP contribution < -0.4 is 10.6 Å². The summed E-state index contributed by atoms with van der Waals surface area (Å²) >= 11 is 0. The van der Waals surface area contributed by atoms with Gasteiger partial charge >= 0.3 is 0 Å². The van der Waals surface area contributed by atoms with Crippen molar-refractivity contribution in [2.75, 3.05) is 11.6 Å². The standard InChI is InChI=1S/C16H17N3/c1-12(13-7-3-2-4-8-13)19-11-18-16(17)14-9-5-6-10-15(14)19/h2-10,12H,11H2,1H3,(H2,17,18). The second-order valence-electron chi connectivity index (χ2n) is 4.76. The van der Waals surface area contributed by atoms with Crippen molar-refractivity contribution in [2.24, 2.45) is 10.7 Å². The van der Waals surface area contributed by atoms with Gasteiger partial charge in [0, 0.05) is 11.3 Å². The molecule has 0 saturated carbocycles. The molecule has 1 aliphatic heterocycles. The summed E-state index contributed by atoms with van der Waals surface area (Å²) in [5, 5.41) is 0. The Bertz CT molecular complexity index is 604. The van der Waals surface area contributed by atoms with E-state index in [1.165, 1.54) is 5.56 Å². The predicted molar refractivity (Wildman–Crippen MR) is 79.4 cm³/mol. The fraction of sp³-hybridized carbons (Fsp3) is 0.188. The molecule has 1 heterocycles. The van der Waals surface area contributed by atoms with Gasteiger partial charge in [0.15, 0.2) is 0 Å². The highest BCUT2D eigenvalue weighted by Gasteiger charge is 2.22. The topological polar surface area (TPSA) is 41.6 Å². The van der Waals surface area contributed by atoms with Crippen LogP contribution in [0.25, 0.3) is 0 Å². The molecule has 0 amide bonds. The molecule has 2 aromatic carbocycles. The van der Waals surface area contributed by atoms with Gasteiger partial charge in [0.2, 0.25) is 0 Å². The van der Waals surface area contributed by atoms with Crippen molar-refractivity contribution in [3.63, 3.8) is 0 Å². The van der Waals surface area contributed by atoms with E-state index in [1.807, 2.05) is 24.3 Å². The molecule has 1 aliphatic rings. The maximum Gasteiger partial charge on any atom is 0.129 e. The molecule has 0 saturated heterocycles. The molecule has 19 heavy (non-hydrogen) atoms. The van der Waals surface area contributed by atoms with E-state index in [9.17, 15) is 0 Å². The minimum Gasteiger partial charge on any atom is -0.383 e. The molecule has 0 aliphatic carbocycles. The predicted octanol–water partition coefficient (Wildman–Crippen LogP) is 2.93. The van der Waals surface area contributed by atoms with Gasteiger partial charge in [0.25, 0.3) is 0 Å². The van der Waals surface area contributed by atoms with Crippen LogP contribution >= 0.6 is 0 Å². The van der Waals surface area contributed by atoms with E-state index >= 15 is 0 Å². The molecule has 1 atom stereocenters. The van der Waals surface area contributed by atoms with Gasteiger partial charge in [0.1, 0.15) is 12.5 Å². The lowest BCUT2D eigenvalue weighted by Crippen LogP contribution is -2.34. The lowest BCUT2D eigenvalue weighted by Gasteiger charge is -2.34. The molecule has 3 rings (SSSR count). The van der Waals surface area contributed by atoms with E-state index in [0.29, 0.717) is 12.5 Å². The fourth-order valence-corrected chi connectivity index (χ4v) is 2.50. The molecule has 2 aromatic rings. The monoisotopic (exact) mass is 251 g/mol. The maximum atomic E-state index is 5.97. The Balaban J connectivity index is 2.00. The molecule has 0 aromatic heterocycles. The molecule has 2 N–H and O–H groups in total. The lowest BCUT2D eigenvalue weighted by molar-refractivity contribution is 0.674. The highest BCUT2D eigenvalue weighted by molar-refractivity contribution is 6.03. The molecule has 3 nitrogen and oxygen atoms in total. The van der Waals surface area contributed by atoms with Gasteiger partial charge in [-0.15, -0.1) is 0 Å². The third kappa shape index (κ3) is 2.08. The molecule has 0 fully saturated rings. The Morgan fingerprint density at radius 3 is 2.53 bits per heavy atom. The van der Waals surface area contributed by atoms with Gasteiger partial charge in [-0.25, -0.2) is 4.99 Å². The Morgan fingerprint density at radius 1 is 1.05 bits per heavy atom. The van der Waals surface area contributed by atoms with Crippen molar-refractivity contribution in [3.05, 3.63) is 65.7 Å². The van der Waals surface area contributed by atoms with Gasteiger partial charge in [-0.2, -0.15) is 0 Å². The Hall–Kier alpha value is -2.29. The number of para-hydroxylation sites is 1. The minimum absolute atomic E-state index is 0.277. The summed E-state index contributed by atoms with van der Waals surface area (Å²) in [6, 6.07) is 18.9. The van der Waals surface area contributed by atoms with E-state index in [-0.39, 0.29) is 6.04 Å². The molecular weight excluding hydrogens is 234 g/mol. The average Bonchev–Trinajstić information content (AvgIpc) is 2.48. The summed E-state index contributed by atoms with van der Waals surface area (Å²) in [5.41, 5.74) is 9.44. The number of anilines is 1. The number of nitrogens with zero attached hydrogens (tertiary/aromatic N) is 2. The number of amidine groups is 1. The third-order valence-electron chi connectivity index (χ3n) is 3.63. The van der Waals surface area contributed by atoms with Gasteiger partial charge in [-0.1, -0.05) is 42.5 Å². The molecule has 0 bridgehead atoms. The zero-order chi connectivity index (χ0) is 13.2. The third-order valence-corrected chi connectivity index (χ3v) is 3.63. The summed E-state index contributed by atoms with van der Waals surface area (Å²) in [4.78, 5) is 6.70. The van der Waals surface area contributed by atoms with Gasteiger partial charge < -0.3 is 10.6 Å². The van der Waals surface area contributed by atoms with Crippen molar-refractivity contribution >= 4 is 11.5 Å². The Labute approximate surface area is 113 Å². The molecule has 96 valence electrons. The zero-order valence-electron chi connectivity index (χ0n) is 11.0. The molecule has 0 radical (unpaired) electrons. The van der Waals surface area contributed by atoms with E-state index in [4.69, 9.17) is 5.73 Å². The number of nitrogens with two attached hydrogens (primary N) is 1. The maximum absolute atomic E-state index is 5.97. The van der Waals surface area contributed by atoms with Crippen LogP contribution in [-0.4, -0.2) is 12.5 Å². The lowest BCUT2D eigenvalue weighted by atomic mass is 10.0. The SMILES string of the molecule is CC(c1ccccc1)N1CN=C(N)c2ccccc21. The van der Waals surface area contributed by atoms with Crippen molar-refractivity contribution in [2.45, 2.75) is 13.0 Å². The van der Waals surface area contributed by atoms with Crippen molar-refractivity contribution in [1.82, 2.24) is 0 Å². The van der Waals surface area contributed by atoms with Crippen LogP contribution in [0, 0.1) is 0 Å². The molecular formula is C16H17N3. The number of rotatable bonds is 2. The van der Waals surface area contributed by atoms with Crippen molar-refractivity contribution < 1.29 is 0 Å². The summed E-state index contributed by atoms with van der Waals surface area (Å²) in [6.45, 7) is 2.81. The first-order valence-corrected chi connectivity index (χ1v) is 6.48. The summed E-state index contributed by atoms with van der Waals surface area (Å²) < 4.78 is 0. The van der Waals surface area contributed by atoms with E-state index in [0.717, 1.165) is 11.3 Å². The quantitative estimate of drug-likeness (QED) is 0.891. The first-order valence-electron chi connectivity index (χ1n) is 6.48. The van der Waals surface area contributed by atoms with Gasteiger partial charge in [-0.3, -0.25) is 0 Å². The highest BCUT2D eigenvalue weighted by atomic mass is 15.2. The molecule has 3 heteroatoms. The number of aliphatic imine (C=N–C) groups is 1. The van der Waals surface area contributed by atoms with E-state index < -0.39 is 0 Å². The van der Waals surface area contributed by atoms with Crippen molar-refractivity contribution in [3.8, 4) is 0 Å².